The number of nitrogens with zero attached hydrogens (tertiary/aromatic N) is 3. The van der Waals surface area contributed by atoms with Crippen LogP contribution in [0.2, 0.25) is 0 Å². The molecule has 36 heavy (non-hydrogen) atoms. The molecule has 0 radical (unpaired) electrons. The van der Waals surface area contributed by atoms with E-state index in [4.69, 9.17) is 4.74 Å². The first kappa shape index (κ1) is 25.6. The number of phenolic OH excluding ortho intramolecular Hbond substituents is 1. The molecule has 4 rings (SSSR count). The maximum absolute atomic E-state index is 13.2. The van der Waals surface area contributed by atoms with E-state index in [-0.39, 0.29) is 39.2 Å². The van der Waals surface area contributed by atoms with E-state index in [1.165, 1.54) is 4.52 Å². The Balaban J connectivity index is 1.83. The van der Waals surface area contributed by atoms with Crippen LogP contribution in [0.3, 0.4) is 0 Å². The molecule has 0 aliphatic rings. The molecule has 0 bridgehead atoms. The minimum absolute atomic E-state index is 0.203. The third-order valence-corrected chi connectivity index (χ3v) is 6.99. The van der Waals surface area contributed by atoms with Crippen molar-refractivity contribution in [1.82, 2.24) is 14.6 Å². The van der Waals surface area contributed by atoms with E-state index in [0.29, 0.717) is 4.53 Å². The highest BCUT2D eigenvalue weighted by molar-refractivity contribution is 7.15. The molecule has 0 saturated heterocycles. The predicted molar refractivity (Wildman–Crippen MR) is 143 cm³/mol. The molecule has 2 aromatic carbocycles. The molecule has 0 aliphatic heterocycles. The summed E-state index contributed by atoms with van der Waals surface area (Å²) < 4.78 is 6.79. The van der Waals surface area contributed by atoms with Gasteiger partial charge in [-0.25, -0.2) is 0 Å². The van der Waals surface area contributed by atoms with Gasteiger partial charge in [-0.1, -0.05) is 65.0 Å². The molecule has 2 heterocycles. The molecule has 4 aromatic rings. The van der Waals surface area contributed by atoms with Crippen LogP contribution in [0.1, 0.15) is 69.5 Å². The summed E-state index contributed by atoms with van der Waals surface area (Å²) in [5.41, 5.74) is 2.12. The Kier molecular flexibility index (Phi) is 6.51. The number of hydrogen-bond donors (Lipinski definition) is 1. The predicted octanol–water partition coefficient (Wildman–Crippen LogP) is 3.96. The van der Waals surface area contributed by atoms with Gasteiger partial charge < -0.3 is 9.84 Å². The van der Waals surface area contributed by atoms with Crippen molar-refractivity contribution in [3.05, 3.63) is 89.6 Å². The highest BCUT2D eigenvalue weighted by Crippen LogP contribution is 2.39. The van der Waals surface area contributed by atoms with Gasteiger partial charge in [-0.3, -0.25) is 9.59 Å². The molecular formula is C28H31N3O4S. The summed E-state index contributed by atoms with van der Waals surface area (Å²) in [7, 11) is 1.59. The fourth-order valence-electron chi connectivity index (χ4n) is 4.02. The van der Waals surface area contributed by atoms with Crippen LogP contribution in [0, 0.1) is 0 Å². The monoisotopic (exact) mass is 505 g/mol. The molecule has 0 fully saturated rings. The number of thiazole rings is 1. The second kappa shape index (κ2) is 9.17. The quantitative estimate of drug-likeness (QED) is 0.451. The Morgan fingerprint density at radius 2 is 1.58 bits per heavy atom. The van der Waals surface area contributed by atoms with E-state index in [0.717, 1.165) is 39.3 Å². The van der Waals surface area contributed by atoms with Gasteiger partial charge in [0.25, 0.3) is 11.1 Å². The van der Waals surface area contributed by atoms with Gasteiger partial charge in [0.1, 0.15) is 17.2 Å². The summed E-state index contributed by atoms with van der Waals surface area (Å²) in [6, 6.07) is 11.1. The third kappa shape index (κ3) is 5.04. The molecule has 1 N–H and O–H groups in total. The Hall–Kier alpha value is -3.52. The van der Waals surface area contributed by atoms with Crippen molar-refractivity contribution in [2.75, 3.05) is 7.11 Å². The van der Waals surface area contributed by atoms with Crippen LogP contribution in [0.5, 0.6) is 11.5 Å². The zero-order chi connectivity index (χ0) is 26.4. The second-order valence-electron chi connectivity index (χ2n) is 11.0. The van der Waals surface area contributed by atoms with Crippen molar-refractivity contribution in [1.29, 1.82) is 0 Å². The summed E-state index contributed by atoms with van der Waals surface area (Å²) in [5.74, 6) is 0.998. The Morgan fingerprint density at radius 3 is 2.11 bits per heavy atom. The summed E-state index contributed by atoms with van der Waals surface area (Å²) >= 11 is 1.13. The Labute approximate surface area is 213 Å². The van der Waals surface area contributed by atoms with Gasteiger partial charge in [-0.2, -0.15) is 14.6 Å². The average molecular weight is 506 g/mol. The normalized spacial score (nSPS) is 12.9. The van der Waals surface area contributed by atoms with E-state index >= 15 is 0 Å². The van der Waals surface area contributed by atoms with Crippen molar-refractivity contribution >= 4 is 22.4 Å². The number of ether oxygens (including phenoxy) is 1. The summed E-state index contributed by atoms with van der Waals surface area (Å²) in [6.45, 7) is 12.3. The number of fused-ring (bicyclic) bond motifs is 1. The zero-order valence-electron chi connectivity index (χ0n) is 21.7. The number of aromatic hydroxyl groups is 1. The van der Waals surface area contributed by atoms with E-state index in [1.807, 2.05) is 77.9 Å². The smallest absolute Gasteiger partial charge is 0.296 e. The minimum Gasteiger partial charge on any atom is -0.507 e. The van der Waals surface area contributed by atoms with Gasteiger partial charge >= 0.3 is 0 Å². The van der Waals surface area contributed by atoms with Crippen molar-refractivity contribution < 1.29 is 9.84 Å². The highest BCUT2D eigenvalue weighted by Gasteiger charge is 2.26. The zero-order valence-corrected chi connectivity index (χ0v) is 22.5. The number of hydrogen-bond acceptors (Lipinski definition) is 7. The molecule has 0 amide bonds. The van der Waals surface area contributed by atoms with Gasteiger partial charge in [-0.05, 0) is 52.3 Å². The van der Waals surface area contributed by atoms with Crippen LogP contribution in [0.4, 0.5) is 0 Å². The van der Waals surface area contributed by atoms with Crippen molar-refractivity contribution in [2.24, 2.45) is 0 Å². The molecule has 0 aliphatic carbocycles. The minimum atomic E-state index is -0.451. The van der Waals surface area contributed by atoms with E-state index in [9.17, 15) is 14.7 Å². The maximum atomic E-state index is 13.2. The van der Waals surface area contributed by atoms with Gasteiger partial charge in [-0.15, -0.1) is 0 Å². The number of rotatable bonds is 4. The van der Waals surface area contributed by atoms with Crippen molar-refractivity contribution in [3.63, 3.8) is 0 Å². The van der Waals surface area contributed by atoms with Crippen molar-refractivity contribution in [2.45, 2.75) is 58.8 Å². The lowest BCUT2D eigenvalue weighted by atomic mass is 9.78. The van der Waals surface area contributed by atoms with Crippen molar-refractivity contribution in [3.8, 4) is 11.5 Å². The molecule has 0 atom stereocenters. The molecule has 188 valence electrons. The fourth-order valence-corrected chi connectivity index (χ4v) is 4.93. The lowest BCUT2D eigenvalue weighted by Crippen LogP contribution is -2.28. The van der Waals surface area contributed by atoms with Gasteiger partial charge in [0.2, 0.25) is 4.96 Å². The number of benzene rings is 2. The summed E-state index contributed by atoms with van der Waals surface area (Å²) in [6.07, 6.45) is 2.04. The molecule has 0 saturated carbocycles. The first-order valence-electron chi connectivity index (χ1n) is 11.7. The average Bonchev–Trinajstić information content (AvgIpc) is 3.08. The van der Waals surface area contributed by atoms with E-state index < -0.39 is 5.56 Å². The topological polar surface area (TPSA) is 93.8 Å². The van der Waals surface area contributed by atoms with E-state index in [2.05, 4.69) is 10.1 Å². The van der Waals surface area contributed by atoms with Gasteiger partial charge in [0, 0.05) is 17.5 Å². The lowest BCUT2D eigenvalue weighted by molar-refractivity contribution is 0.414. The SMILES string of the molecule is COc1ccc(Cc2nn3c(=O)/c(=C/c4cc(C(C)(C)C)c(O)c(C(C)(C)C)c4)sc3nc2=O)cc1. The number of phenols is 1. The Morgan fingerprint density at radius 1 is 1.00 bits per heavy atom. The van der Waals surface area contributed by atoms with Crippen LogP contribution >= 0.6 is 11.3 Å². The molecular weight excluding hydrogens is 474 g/mol. The van der Waals surface area contributed by atoms with Crippen LogP contribution < -0.4 is 20.4 Å². The lowest BCUT2D eigenvalue weighted by Gasteiger charge is -2.27. The molecule has 8 heteroatoms. The van der Waals surface area contributed by atoms with Crippen LogP contribution in [0.25, 0.3) is 11.0 Å². The van der Waals surface area contributed by atoms with Crippen LogP contribution in [-0.4, -0.2) is 26.8 Å². The van der Waals surface area contributed by atoms with E-state index in [1.54, 1.807) is 13.2 Å². The van der Waals surface area contributed by atoms with Crippen LogP contribution in [-0.2, 0) is 17.3 Å². The van der Waals surface area contributed by atoms with Crippen LogP contribution in [0.15, 0.2) is 46.0 Å². The first-order chi connectivity index (χ1) is 16.8. The first-order valence-corrected chi connectivity index (χ1v) is 12.5. The molecule has 0 spiro atoms. The Bertz CT molecular complexity index is 1570. The molecule has 0 unspecified atom stereocenters. The third-order valence-electron chi connectivity index (χ3n) is 6.03. The largest absolute Gasteiger partial charge is 0.507 e. The van der Waals surface area contributed by atoms with Gasteiger partial charge in [0.05, 0.1) is 11.6 Å². The standard InChI is InChI=1S/C28H31N3O4S/c1-27(2,3)19-12-17(13-20(23(19)32)28(4,5)6)15-22-25(34)31-26(36-22)29-24(33)21(30-31)14-16-8-10-18(35-7)11-9-16/h8-13,15,32H,14H2,1-7H3/b22-15-. The summed E-state index contributed by atoms with van der Waals surface area (Å²) in [4.78, 5) is 30.3. The van der Waals surface area contributed by atoms with Gasteiger partial charge in [0.15, 0.2) is 0 Å². The summed E-state index contributed by atoms with van der Waals surface area (Å²) in [5, 5.41) is 15.3. The number of methoxy groups -OCH3 is 1. The molecule has 2 aromatic heterocycles. The second-order valence-corrected chi connectivity index (χ2v) is 12.0. The molecule has 7 nitrogen and oxygen atoms in total. The highest BCUT2D eigenvalue weighted by atomic mass is 32.1. The fraction of sp³-hybridized carbons (Fsp3) is 0.357. The maximum Gasteiger partial charge on any atom is 0.296 e. The number of aromatic nitrogens is 3.